The number of nitrogen functional groups attached to an aromatic ring is 1. The summed E-state index contributed by atoms with van der Waals surface area (Å²) < 4.78 is 18.8. The van der Waals surface area contributed by atoms with Gasteiger partial charge in [0.05, 0.1) is 5.69 Å². The molecular formula is C11H12FN3O. The molecule has 0 atom stereocenters. The first-order valence-electron chi connectivity index (χ1n) is 5.15. The molecule has 2 rings (SSSR count). The Morgan fingerprint density at radius 1 is 1.50 bits per heavy atom. The number of nitrogens with two attached hydrogens (primary N) is 1. The quantitative estimate of drug-likeness (QED) is 0.781. The highest BCUT2D eigenvalue weighted by molar-refractivity contribution is 5.52. The van der Waals surface area contributed by atoms with Crippen molar-refractivity contribution >= 4 is 5.69 Å². The highest BCUT2D eigenvalue weighted by Gasteiger charge is 2.21. The Kier molecular flexibility index (Phi) is 3.02. The van der Waals surface area contributed by atoms with Gasteiger partial charge >= 0.3 is 0 Å². The van der Waals surface area contributed by atoms with Crippen LogP contribution < -0.4 is 5.73 Å². The minimum Gasteiger partial charge on any atom is -0.396 e. The van der Waals surface area contributed by atoms with Crippen molar-refractivity contribution in [3.8, 4) is 6.07 Å². The van der Waals surface area contributed by atoms with E-state index in [9.17, 15) is 4.39 Å². The third-order valence-electron chi connectivity index (χ3n) is 2.86. The zero-order valence-corrected chi connectivity index (χ0v) is 8.74. The van der Waals surface area contributed by atoms with Gasteiger partial charge < -0.3 is 10.5 Å². The first-order valence-corrected chi connectivity index (χ1v) is 5.15. The number of halogens is 1. The molecule has 1 aromatic rings. The second-order valence-corrected chi connectivity index (χ2v) is 3.79. The number of ether oxygens (including phenoxy) is 1. The molecule has 4 nitrogen and oxygen atoms in total. The summed E-state index contributed by atoms with van der Waals surface area (Å²) in [4.78, 5) is 3.78. The zero-order valence-electron chi connectivity index (χ0n) is 8.74. The largest absolute Gasteiger partial charge is 0.396 e. The maximum absolute atomic E-state index is 13.6. The van der Waals surface area contributed by atoms with E-state index >= 15 is 0 Å². The molecule has 0 aliphatic carbocycles. The number of nitriles is 1. The van der Waals surface area contributed by atoms with E-state index in [1.165, 1.54) is 6.20 Å². The van der Waals surface area contributed by atoms with Crippen LogP contribution in [0.3, 0.4) is 0 Å². The van der Waals surface area contributed by atoms with Gasteiger partial charge in [0.1, 0.15) is 6.07 Å². The molecule has 1 aliphatic heterocycles. The number of pyridine rings is 1. The van der Waals surface area contributed by atoms with Crippen molar-refractivity contribution in [2.75, 3.05) is 18.9 Å². The van der Waals surface area contributed by atoms with Gasteiger partial charge in [0.2, 0.25) is 0 Å². The standard InChI is InChI=1S/C11H12FN3O/c12-10-9(5-13)15-6-8(11(10)14)7-1-3-16-4-2-7/h6-7H,1-4H2,(H2,14,15). The fraction of sp³-hybridized carbons (Fsp3) is 0.455. The van der Waals surface area contributed by atoms with Crippen LogP contribution in [0.5, 0.6) is 0 Å². The van der Waals surface area contributed by atoms with Crippen LogP contribution in [0.1, 0.15) is 30.0 Å². The van der Waals surface area contributed by atoms with Crippen LogP contribution in [0.2, 0.25) is 0 Å². The van der Waals surface area contributed by atoms with Crippen molar-refractivity contribution in [2.24, 2.45) is 0 Å². The normalized spacial score (nSPS) is 17.0. The van der Waals surface area contributed by atoms with Crippen LogP contribution in [-0.4, -0.2) is 18.2 Å². The Hall–Kier alpha value is -1.67. The summed E-state index contributed by atoms with van der Waals surface area (Å²) in [6.45, 7) is 1.32. The maximum Gasteiger partial charge on any atom is 0.182 e. The summed E-state index contributed by atoms with van der Waals surface area (Å²) in [6.07, 6.45) is 3.14. The third kappa shape index (κ3) is 1.84. The van der Waals surface area contributed by atoms with Crippen molar-refractivity contribution in [1.82, 2.24) is 4.98 Å². The average Bonchev–Trinajstić information content (AvgIpc) is 2.34. The SMILES string of the molecule is N#Cc1ncc(C2CCOCC2)c(N)c1F. The highest BCUT2D eigenvalue weighted by atomic mass is 19.1. The van der Waals surface area contributed by atoms with Gasteiger partial charge in [-0.25, -0.2) is 9.37 Å². The van der Waals surface area contributed by atoms with Gasteiger partial charge in [-0.1, -0.05) is 0 Å². The summed E-state index contributed by atoms with van der Waals surface area (Å²) in [5.41, 5.74) is 6.19. The van der Waals surface area contributed by atoms with E-state index in [0.717, 1.165) is 12.8 Å². The van der Waals surface area contributed by atoms with Gasteiger partial charge in [-0.15, -0.1) is 0 Å². The number of hydrogen-bond acceptors (Lipinski definition) is 4. The molecule has 1 saturated heterocycles. The van der Waals surface area contributed by atoms with Crippen molar-refractivity contribution in [3.63, 3.8) is 0 Å². The number of rotatable bonds is 1. The number of hydrogen-bond donors (Lipinski definition) is 1. The second kappa shape index (κ2) is 4.45. The van der Waals surface area contributed by atoms with Crippen LogP contribution in [0.4, 0.5) is 10.1 Å². The fourth-order valence-corrected chi connectivity index (χ4v) is 1.93. The second-order valence-electron chi connectivity index (χ2n) is 3.79. The smallest absolute Gasteiger partial charge is 0.182 e. The Balaban J connectivity index is 2.35. The molecule has 1 fully saturated rings. The third-order valence-corrected chi connectivity index (χ3v) is 2.86. The molecule has 1 aliphatic rings. The fourth-order valence-electron chi connectivity index (χ4n) is 1.93. The van der Waals surface area contributed by atoms with Crippen molar-refractivity contribution in [2.45, 2.75) is 18.8 Å². The Labute approximate surface area is 92.8 Å². The topological polar surface area (TPSA) is 71.9 Å². The van der Waals surface area contributed by atoms with Gasteiger partial charge in [-0.05, 0) is 24.3 Å². The summed E-state index contributed by atoms with van der Waals surface area (Å²) in [5.74, 6) is -0.519. The molecule has 0 amide bonds. The monoisotopic (exact) mass is 221 g/mol. The van der Waals surface area contributed by atoms with Crippen molar-refractivity contribution in [1.29, 1.82) is 5.26 Å². The molecule has 84 valence electrons. The first kappa shape index (κ1) is 10.8. The Morgan fingerprint density at radius 2 is 2.19 bits per heavy atom. The number of anilines is 1. The van der Waals surface area contributed by atoms with Crippen LogP contribution in [0.25, 0.3) is 0 Å². The zero-order chi connectivity index (χ0) is 11.5. The maximum atomic E-state index is 13.6. The van der Waals surface area contributed by atoms with Crippen LogP contribution in [0, 0.1) is 17.1 Å². The van der Waals surface area contributed by atoms with E-state index < -0.39 is 5.82 Å². The van der Waals surface area contributed by atoms with E-state index in [1.54, 1.807) is 6.07 Å². The van der Waals surface area contributed by atoms with E-state index in [1.807, 2.05) is 0 Å². The number of aromatic nitrogens is 1. The molecule has 16 heavy (non-hydrogen) atoms. The minimum absolute atomic E-state index is 0.0541. The van der Waals surface area contributed by atoms with Crippen molar-refractivity contribution < 1.29 is 9.13 Å². The first-order chi connectivity index (χ1) is 7.74. The molecule has 2 N–H and O–H groups in total. The predicted octanol–water partition coefficient (Wildman–Crippen LogP) is 1.57. The van der Waals surface area contributed by atoms with Gasteiger partial charge in [-0.2, -0.15) is 5.26 Å². The molecule has 2 heterocycles. The average molecular weight is 221 g/mol. The van der Waals surface area contributed by atoms with Crippen molar-refractivity contribution in [3.05, 3.63) is 23.3 Å². The van der Waals surface area contributed by atoms with E-state index in [2.05, 4.69) is 4.98 Å². The van der Waals surface area contributed by atoms with Gasteiger partial charge in [0, 0.05) is 19.4 Å². The molecule has 0 saturated carbocycles. The summed E-state index contributed by atoms with van der Waals surface area (Å²) >= 11 is 0. The van der Waals surface area contributed by atoms with Gasteiger partial charge in [-0.3, -0.25) is 0 Å². The van der Waals surface area contributed by atoms with Gasteiger partial charge in [0.25, 0.3) is 0 Å². The molecule has 0 aromatic carbocycles. The van der Waals surface area contributed by atoms with E-state index in [4.69, 9.17) is 15.7 Å². The van der Waals surface area contributed by atoms with Crippen LogP contribution in [-0.2, 0) is 4.74 Å². The summed E-state index contributed by atoms with van der Waals surface area (Å²) in [5, 5.41) is 8.62. The van der Waals surface area contributed by atoms with Crippen LogP contribution >= 0.6 is 0 Å². The van der Waals surface area contributed by atoms with Gasteiger partial charge in [0.15, 0.2) is 11.5 Å². The molecule has 0 unspecified atom stereocenters. The lowest BCUT2D eigenvalue weighted by atomic mass is 9.91. The lowest BCUT2D eigenvalue weighted by Gasteiger charge is -2.23. The minimum atomic E-state index is -0.702. The lowest BCUT2D eigenvalue weighted by Crippen LogP contribution is -2.16. The van der Waals surface area contributed by atoms with Crippen LogP contribution in [0.15, 0.2) is 6.20 Å². The summed E-state index contributed by atoms with van der Waals surface area (Å²) in [7, 11) is 0. The predicted molar refractivity (Wildman–Crippen MR) is 56.1 cm³/mol. The molecular weight excluding hydrogens is 209 g/mol. The highest BCUT2D eigenvalue weighted by Crippen LogP contribution is 2.32. The van der Waals surface area contributed by atoms with E-state index in [0.29, 0.717) is 18.8 Å². The molecule has 0 spiro atoms. The van der Waals surface area contributed by atoms with E-state index in [-0.39, 0.29) is 17.3 Å². The molecule has 0 bridgehead atoms. The summed E-state index contributed by atoms with van der Waals surface area (Å²) in [6, 6.07) is 1.68. The Bertz CT molecular complexity index is 436. The number of nitrogens with zero attached hydrogens (tertiary/aromatic N) is 2. The molecule has 1 aromatic heterocycles. The molecule has 0 radical (unpaired) electrons. The lowest BCUT2D eigenvalue weighted by molar-refractivity contribution is 0.0853. The molecule has 5 heteroatoms. The Morgan fingerprint density at radius 3 is 2.81 bits per heavy atom.